The summed E-state index contributed by atoms with van der Waals surface area (Å²) in [6, 6.07) is 5.59. The van der Waals surface area contributed by atoms with Gasteiger partial charge in [-0.25, -0.2) is 0 Å². The molecule has 0 aliphatic heterocycles. The Labute approximate surface area is 74.7 Å². The first kappa shape index (κ1) is 7.50. The van der Waals surface area contributed by atoms with Gasteiger partial charge in [0.05, 0.1) is 13.4 Å². The summed E-state index contributed by atoms with van der Waals surface area (Å²) in [5.41, 5.74) is 0.677. The number of benzene rings is 1. The lowest BCUT2D eigenvalue weighted by molar-refractivity contribution is 0.415. The van der Waals surface area contributed by atoms with E-state index < -0.39 is 0 Å². The normalized spacial score (nSPS) is 10.5. The molecule has 12 heavy (non-hydrogen) atoms. The van der Waals surface area contributed by atoms with Crippen molar-refractivity contribution >= 4 is 22.6 Å². The van der Waals surface area contributed by atoms with Crippen LogP contribution in [-0.4, -0.2) is 7.11 Å². The SMILES string of the molecule is COc1ccc2ccoc2c1Cl. The predicted molar refractivity (Wildman–Crippen MR) is 47.8 cm³/mol. The molecule has 2 aromatic rings. The molecule has 1 heterocycles. The van der Waals surface area contributed by atoms with Crippen LogP contribution in [0.15, 0.2) is 28.9 Å². The Kier molecular flexibility index (Phi) is 1.70. The van der Waals surface area contributed by atoms with Gasteiger partial charge in [-0.05, 0) is 18.2 Å². The molecule has 0 N–H and O–H groups in total. The Morgan fingerprint density at radius 1 is 1.33 bits per heavy atom. The summed E-state index contributed by atoms with van der Waals surface area (Å²) in [5.74, 6) is 0.638. The number of rotatable bonds is 1. The number of fused-ring (bicyclic) bond motifs is 1. The van der Waals surface area contributed by atoms with Gasteiger partial charge in [0.2, 0.25) is 0 Å². The zero-order valence-corrected chi connectivity index (χ0v) is 7.26. The Bertz CT molecular complexity index is 406. The van der Waals surface area contributed by atoms with Crippen molar-refractivity contribution < 1.29 is 9.15 Å². The number of hydrogen-bond donors (Lipinski definition) is 0. The average Bonchev–Trinajstić information content (AvgIpc) is 2.53. The first-order chi connectivity index (χ1) is 5.83. The van der Waals surface area contributed by atoms with E-state index in [0.717, 1.165) is 5.39 Å². The van der Waals surface area contributed by atoms with E-state index in [1.165, 1.54) is 0 Å². The predicted octanol–water partition coefficient (Wildman–Crippen LogP) is 3.09. The number of ether oxygens (including phenoxy) is 1. The van der Waals surface area contributed by atoms with Crippen molar-refractivity contribution in [3.8, 4) is 5.75 Å². The van der Waals surface area contributed by atoms with Crippen LogP contribution in [0.2, 0.25) is 5.02 Å². The summed E-state index contributed by atoms with van der Waals surface area (Å²) >= 11 is 5.96. The van der Waals surface area contributed by atoms with Gasteiger partial charge in [-0.2, -0.15) is 0 Å². The van der Waals surface area contributed by atoms with Crippen LogP contribution in [0.1, 0.15) is 0 Å². The van der Waals surface area contributed by atoms with E-state index in [0.29, 0.717) is 16.4 Å². The number of methoxy groups -OCH3 is 1. The van der Waals surface area contributed by atoms with E-state index >= 15 is 0 Å². The van der Waals surface area contributed by atoms with Crippen LogP contribution < -0.4 is 4.74 Å². The van der Waals surface area contributed by atoms with Crippen LogP contribution in [0.3, 0.4) is 0 Å². The molecule has 0 saturated heterocycles. The molecule has 0 saturated carbocycles. The van der Waals surface area contributed by atoms with Gasteiger partial charge in [0.1, 0.15) is 10.8 Å². The molecule has 0 aliphatic carbocycles. The van der Waals surface area contributed by atoms with Crippen LogP contribution >= 0.6 is 11.6 Å². The minimum atomic E-state index is 0.528. The molecule has 62 valence electrons. The van der Waals surface area contributed by atoms with Gasteiger partial charge in [0, 0.05) is 5.39 Å². The van der Waals surface area contributed by atoms with Crippen LogP contribution in [0.5, 0.6) is 5.75 Å². The fraction of sp³-hybridized carbons (Fsp3) is 0.111. The van der Waals surface area contributed by atoms with Crippen LogP contribution in [-0.2, 0) is 0 Å². The highest BCUT2D eigenvalue weighted by atomic mass is 35.5. The maximum Gasteiger partial charge on any atom is 0.156 e. The maximum atomic E-state index is 5.96. The number of halogens is 1. The lowest BCUT2D eigenvalue weighted by atomic mass is 10.2. The second kappa shape index (κ2) is 2.72. The maximum absolute atomic E-state index is 5.96. The van der Waals surface area contributed by atoms with Crippen LogP contribution in [0.25, 0.3) is 11.0 Å². The quantitative estimate of drug-likeness (QED) is 0.676. The summed E-state index contributed by atoms with van der Waals surface area (Å²) < 4.78 is 10.2. The molecule has 1 aromatic heterocycles. The molecule has 0 radical (unpaired) electrons. The Morgan fingerprint density at radius 3 is 2.92 bits per heavy atom. The van der Waals surface area contributed by atoms with Gasteiger partial charge < -0.3 is 9.15 Å². The highest BCUT2D eigenvalue weighted by molar-refractivity contribution is 6.36. The molecule has 0 spiro atoms. The lowest BCUT2D eigenvalue weighted by Gasteiger charge is -2.01. The van der Waals surface area contributed by atoms with Crippen molar-refractivity contribution in [1.29, 1.82) is 0 Å². The van der Waals surface area contributed by atoms with Gasteiger partial charge in [0.15, 0.2) is 5.58 Å². The van der Waals surface area contributed by atoms with Crippen LogP contribution in [0, 0.1) is 0 Å². The standard InChI is InChI=1S/C9H7ClO2/c1-11-7-3-2-6-4-5-12-9(6)8(7)10/h2-5H,1H3. The second-order valence-electron chi connectivity index (χ2n) is 2.42. The second-order valence-corrected chi connectivity index (χ2v) is 2.80. The van der Waals surface area contributed by atoms with Gasteiger partial charge in [-0.3, -0.25) is 0 Å². The summed E-state index contributed by atoms with van der Waals surface area (Å²) in [6.45, 7) is 0. The summed E-state index contributed by atoms with van der Waals surface area (Å²) in [4.78, 5) is 0. The minimum Gasteiger partial charge on any atom is -0.495 e. The van der Waals surface area contributed by atoms with Gasteiger partial charge in [-0.15, -0.1) is 0 Å². The van der Waals surface area contributed by atoms with E-state index in [9.17, 15) is 0 Å². The summed E-state index contributed by atoms with van der Waals surface area (Å²) in [5, 5.41) is 1.51. The molecule has 1 aromatic carbocycles. The molecule has 0 fully saturated rings. The van der Waals surface area contributed by atoms with Gasteiger partial charge >= 0.3 is 0 Å². The zero-order valence-electron chi connectivity index (χ0n) is 6.50. The molecule has 0 atom stereocenters. The molecule has 0 unspecified atom stereocenters. The number of hydrogen-bond acceptors (Lipinski definition) is 2. The molecular weight excluding hydrogens is 176 g/mol. The van der Waals surface area contributed by atoms with Crippen molar-refractivity contribution in [3.63, 3.8) is 0 Å². The fourth-order valence-corrected chi connectivity index (χ4v) is 1.43. The highest BCUT2D eigenvalue weighted by Crippen LogP contribution is 2.32. The van der Waals surface area contributed by atoms with Gasteiger partial charge in [0.25, 0.3) is 0 Å². The smallest absolute Gasteiger partial charge is 0.156 e. The molecule has 3 heteroatoms. The average molecular weight is 183 g/mol. The third-order valence-corrected chi connectivity index (χ3v) is 2.10. The first-order valence-corrected chi connectivity index (χ1v) is 3.90. The molecule has 0 aliphatic rings. The van der Waals surface area contributed by atoms with Crippen molar-refractivity contribution in [2.75, 3.05) is 7.11 Å². The van der Waals surface area contributed by atoms with Crippen molar-refractivity contribution in [2.24, 2.45) is 0 Å². The topological polar surface area (TPSA) is 22.4 Å². The highest BCUT2D eigenvalue weighted by Gasteiger charge is 2.07. The fourth-order valence-electron chi connectivity index (χ4n) is 1.14. The van der Waals surface area contributed by atoms with Crippen molar-refractivity contribution in [1.82, 2.24) is 0 Å². The molecular formula is C9H7ClO2. The van der Waals surface area contributed by atoms with E-state index in [-0.39, 0.29) is 0 Å². The Hall–Kier alpha value is -1.15. The van der Waals surface area contributed by atoms with E-state index in [2.05, 4.69) is 0 Å². The Morgan fingerprint density at radius 2 is 2.17 bits per heavy atom. The molecule has 2 nitrogen and oxygen atoms in total. The number of furan rings is 1. The molecule has 0 amide bonds. The molecule has 0 bridgehead atoms. The summed E-state index contributed by atoms with van der Waals surface area (Å²) in [7, 11) is 1.58. The van der Waals surface area contributed by atoms with Gasteiger partial charge in [-0.1, -0.05) is 11.6 Å². The first-order valence-electron chi connectivity index (χ1n) is 3.52. The van der Waals surface area contributed by atoms with Crippen molar-refractivity contribution in [2.45, 2.75) is 0 Å². The van der Waals surface area contributed by atoms with Crippen LogP contribution in [0.4, 0.5) is 0 Å². The summed E-state index contributed by atoms with van der Waals surface area (Å²) in [6.07, 6.45) is 1.61. The Balaban J connectivity index is 2.78. The minimum absolute atomic E-state index is 0.528. The van der Waals surface area contributed by atoms with E-state index in [4.69, 9.17) is 20.8 Å². The monoisotopic (exact) mass is 182 g/mol. The third kappa shape index (κ3) is 0.959. The zero-order chi connectivity index (χ0) is 8.55. The largest absolute Gasteiger partial charge is 0.495 e. The van der Waals surface area contributed by atoms with E-state index in [1.807, 2.05) is 18.2 Å². The lowest BCUT2D eigenvalue weighted by Crippen LogP contribution is -1.82. The molecule has 2 rings (SSSR count). The van der Waals surface area contributed by atoms with E-state index in [1.54, 1.807) is 13.4 Å². The third-order valence-electron chi connectivity index (χ3n) is 1.75. The van der Waals surface area contributed by atoms with Crippen molar-refractivity contribution in [3.05, 3.63) is 29.5 Å².